The molecule has 0 radical (unpaired) electrons. The first-order valence-corrected chi connectivity index (χ1v) is 11.2. The Kier molecular flexibility index (Phi) is 5.17. The van der Waals surface area contributed by atoms with Crippen LogP contribution in [-0.4, -0.2) is 45.5 Å². The molecule has 2 amide bonds. The number of hydrogen-bond donors (Lipinski definition) is 1. The molecular weight excluding hydrogens is 392 g/mol. The molecule has 0 aromatic rings. The first-order chi connectivity index (χ1) is 13.8. The summed E-state index contributed by atoms with van der Waals surface area (Å²) in [5.41, 5.74) is 3.28. The molecule has 0 aromatic heterocycles. The summed E-state index contributed by atoms with van der Waals surface area (Å²) in [7, 11) is 0. The fourth-order valence-electron chi connectivity index (χ4n) is 5.00. The van der Waals surface area contributed by atoms with E-state index in [0.717, 1.165) is 49.1 Å². The van der Waals surface area contributed by atoms with Crippen LogP contribution < -0.4 is 10.4 Å². The van der Waals surface area contributed by atoms with Crippen LogP contribution in [0.25, 0.3) is 0 Å². The van der Waals surface area contributed by atoms with Crippen molar-refractivity contribution < 1.29 is 24.2 Å². The number of amides is 2. The molecule has 2 aliphatic heterocycles. The number of nitrogens with zero attached hydrogens (tertiary/aromatic N) is 1. The number of β-lactam (4-membered cyclic amide) rings is 1. The summed E-state index contributed by atoms with van der Waals surface area (Å²) in [5.74, 6) is -2.18. The molecule has 3 atom stereocenters. The zero-order valence-electron chi connectivity index (χ0n) is 17.1. The molecule has 2 fully saturated rings. The highest BCUT2D eigenvalue weighted by atomic mass is 32.2. The maximum absolute atomic E-state index is 13.1. The molecule has 2 aliphatic carbocycles. The van der Waals surface area contributed by atoms with Gasteiger partial charge in [0.2, 0.25) is 11.8 Å². The number of allylic oxidation sites excluding steroid dienone is 3. The minimum atomic E-state index is -1.28. The highest BCUT2D eigenvalue weighted by molar-refractivity contribution is 8.01. The lowest BCUT2D eigenvalue weighted by Gasteiger charge is -2.44. The second-order valence-corrected chi connectivity index (χ2v) is 10.3. The van der Waals surface area contributed by atoms with Crippen molar-refractivity contribution in [1.82, 2.24) is 10.2 Å². The van der Waals surface area contributed by atoms with E-state index in [0.29, 0.717) is 6.61 Å². The molecule has 8 heteroatoms. The van der Waals surface area contributed by atoms with Gasteiger partial charge in [-0.25, -0.2) is 0 Å². The number of carboxylic acids is 1. The third-order valence-electron chi connectivity index (χ3n) is 6.33. The standard InChI is InChI=1S/C21H28N2O5S/c1-4-28-13-10-9-11-7-5-6-8-12(11)15(13)22-17(24)14-18(25)23-16(20(26)27)21(2,3)29-19(14)23/h14,16,19H,4-10H2,1-3H3,(H,22,24)(H,26,27)/p-1/t14-,16?,19-/m1/s1. The lowest BCUT2D eigenvalue weighted by Crippen LogP contribution is -2.67. The van der Waals surface area contributed by atoms with Crippen LogP contribution in [0.5, 0.6) is 0 Å². The number of carbonyl (C=O) groups is 3. The number of rotatable bonds is 5. The molecule has 1 N–H and O–H groups in total. The zero-order chi connectivity index (χ0) is 20.9. The van der Waals surface area contributed by atoms with E-state index in [1.807, 2.05) is 6.92 Å². The fourth-order valence-corrected chi connectivity index (χ4v) is 6.68. The number of carboxylic acid groups (broad SMARTS) is 1. The Morgan fingerprint density at radius 3 is 2.66 bits per heavy atom. The molecule has 2 heterocycles. The van der Waals surface area contributed by atoms with E-state index in [1.165, 1.54) is 28.7 Å². The van der Waals surface area contributed by atoms with Gasteiger partial charge in [0.15, 0.2) is 0 Å². The summed E-state index contributed by atoms with van der Waals surface area (Å²) in [5, 5.41) is 14.1. The van der Waals surface area contributed by atoms with Crippen LogP contribution >= 0.6 is 11.8 Å². The van der Waals surface area contributed by atoms with E-state index in [9.17, 15) is 19.5 Å². The minimum absolute atomic E-state index is 0.370. The van der Waals surface area contributed by atoms with Crippen LogP contribution in [0.15, 0.2) is 22.6 Å². The Balaban J connectivity index is 1.57. The summed E-state index contributed by atoms with van der Waals surface area (Å²) in [6, 6.07) is -1.02. The number of carbonyl (C=O) groups excluding carboxylic acids is 3. The van der Waals surface area contributed by atoms with Crippen LogP contribution in [0, 0.1) is 5.92 Å². The number of ether oxygens (including phenoxy) is 1. The van der Waals surface area contributed by atoms with E-state index in [4.69, 9.17) is 4.74 Å². The molecule has 29 heavy (non-hydrogen) atoms. The predicted molar refractivity (Wildman–Crippen MR) is 106 cm³/mol. The highest BCUT2D eigenvalue weighted by Gasteiger charge is 2.64. The first kappa shape index (κ1) is 20.3. The molecule has 158 valence electrons. The summed E-state index contributed by atoms with van der Waals surface area (Å²) in [6.45, 7) is 5.98. The lowest BCUT2D eigenvalue weighted by atomic mass is 9.83. The SMILES string of the molecule is CCOC1=C(NC(=O)[C@@H]2C(=O)N3C(C(=O)[O-])C(C)(C)S[C@H]23)C2=C(CCCC2)CC1. The number of nitrogens with one attached hydrogen (secondary N) is 1. The summed E-state index contributed by atoms with van der Waals surface area (Å²) < 4.78 is 5.12. The molecular formula is C21H27N2O5S-. The normalized spacial score (nSPS) is 30.5. The van der Waals surface area contributed by atoms with Gasteiger partial charge < -0.3 is 24.9 Å². The molecule has 0 spiro atoms. The van der Waals surface area contributed by atoms with Crippen LogP contribution in [0.3, 0.4) is 0 Å². The van der Waals surface area contributed by atoms with Crippen molar-refractivity contribution >= 4 is 29.5 Å². The maximum atomic E-state index is 13.1. The molecule has 1 unspecified atom stereocenters. The maximum Gasteiger partial charge on any atom is 0.240 e. The lowest BCUT2D eigenvalue weighted by molar-refractivity contribution is -0.312. The number of aliphatic carboxylic acids is 1. The van der Waals surface area contributed by atoms with Gasteiger partial charge in [0.05, 0.1) is 29.7 Å². The Hall–Kier alpha value is -1.96. The molecule has 4 rings (SSSR count). The van der Waals surface area contributed by atoms with Gasteiger partial charge in [-0.1, -0.05) is 5.57 Å². The van der Waals surface area contributed by atoms with Crippen molar-refractivity contribution in [3.05, 3.63) is 22.6 Å². The largest absolute Gasteiger partial charge is 0.548 e. The Labute approximate surface area is 174 Å². The second kappa shape index (κ2) is 7.38. The fraction of sp³-hybridized carbons (Fsp3) is 0.667. The van der Waals surface area contributed by atoms with Gasteiger partial charge in [0.25, 0.3) is 0 Å². The van der Waals surface area contributed by atoms with Crippen LogP contribution in [0.4, 0.5) is 0 Å². The summed E-state index contributed by atoms with van der Waals surface area (Å²) in [4.78, 5) is 38.7. The monoisotopic (exact) mass is 419 g/mol. The van der Waals surface area contributed by atoms with Crippen molar-refractivity contribution in [3.63, 3.8) is 0 Å². The van der Waals surface area contributed by atoms with Gasteiger partial charge in [0, 0.05) is 11.2 Å². The van der Waals surface area contributed by atoms with E-state index in [2.05, 4.69) is 5.32 Å². The minimum Gasteiger partial charge on any atom is -0.548 e. The van der Waals surface area contributed by atoms with Gasteiger partial charge in [0.1, 0.15) is 11.7 Å². The Morgan fingerprint density at radius 1 is 1.24 bits per heavy atom. The van der Waals surface area contributed by atoms with Crippen LogP contribution in [-0.2, 0) is 19.1 Å². The average Bonchev–Trinajstić information content (AvgIpc) is 2.91. The van der Waals surface area contributed by atoms with Gasteiger partial charge in [-0.3, -0.25) is 9.59 Å². The van der Waals surface area contributed by atoms with Crippen LogP contribution in [0.1, 0.15) is 59.3 Å². The first-order valence-electron chi connectivity index (χ1n) is 10.3. The van der Waals surface area contributed by atoms with Gasteiger partial charge in [-0.15, -0.1) is 11.8 Å². The van der Waals surface area contributed by atoms with Crippen LogP contribution in [0.2, 0.25) is 0 Å². The molecule has 0 bridgehead atoms. The number of fused-ring (bicyclic) bond motifs is 1. The Morgan fingerprint density at radius 2 is 1.97 bits per heavy atom. The third kappa shape index (κ3) is 3.25. The van der Waals surface area contributed by atoms with Gasteiger partial charge >= 0.3 is 0 Å². The average molecular weight is 420 g/mol. The van der Waals surface area contributed by atoms with Crippen molar-refractivity contribution in [2.45, 2.75) is 75.5 Å². The van der Waals surface area contributed by atoms with E-state index in [-0.39, 0.29) is 5.91 Å². The highest BCUT2D eigenvalue weighted by Crippen LogP contribution is 2.53. The van der Waals surface area contributed by atoms with E-state index in [1.54, 1.807) is 13.8 Å². The van der Waals surface area contributed by atoms with Crippen molar-refractivity contribution in [2.75, 3.05) is 6.61 Å². The third-order valence-corrected chi connectivity index (χ3v) is 7.90. The van der Waals surface area contributed by atoms with E-state index >= 15 is 0 Å². The summed E-state index contributed by atoms with van der Waals surface area (Å²) in [6.07, 6.45) is 5.91. The molecule has 2 saturated heterocycles. The van der Waals surface area contributed by atoms with Crippen molar-refractivity contribution in [1.29, 1.82) is 0 Å². The Bertz CT molecular complexity index is 831. The van der Waals surface area contributed by atoms with Crippen molar-refractivity contribution in [3.8, 4) is 0 Å². The topological polar surface area (TPSA) is 98.8 Å². The predicted octanol–water partition coefficient (Wildman–Crippen LogP) is 1.44. The second-order valence-electron chi connectivity index (χ2n) is 8.57. The number of hydrogen-bond acceptors (Lipinski definition) is 6. The smallest absolute Gasteiger partial charge is 0.240 e. The zero-order valence-corrected chi connectivity index (χ0v) is 17.9. The quantitative estimate of drug-likeness (QED) is 0.535. The van der Waals surface area contributed by atoms with Crippen molar-refractivity contribution in [2.24, 2.45) is 5.92 Å². The van der Waals surface area contributed by atoms with E-state index < -0.39 is 34.0 Å². The molecule has 0 saturated carbocycles. The number of thioether (sulfide) groups is 1. The molecule has 0 aromatic carbocycles. The summed E-state index contributed by atoms with van der Waals surface area (Å²) >= 11 is 1.35. The molecule has 4 aliphatic rings. The van der Waals surface area contributed by atoms with Gasteiger partial charge in [-0.05, 0) is 58.4 Å². The van der Waals surface area contributed by atoms with Gasteiger partial charge in [-0.2, -0.15) is 0 Å². The molecule has 7 nitrogen and oxygen atoms in total.